The zero-order valence-corrected chi connectivity index (χ0v) is 13.0. The molecule has 1 aromatic carbocycles. The Labute approximate surface area is 133 Å². The molecule has 0 atom stereocenters. The third-order valence-electron chi connectivity index (χ3n) is 3.46. The summed E-state index contributed by atoms with van der Waals surface area (Å²) in [4.78, 5) is 39.2. The Morgan fingerprint density at radius 2 is 1.91 bits per heavy atom. The normalized spacial score (nSPS) is 10.2. The summed E-state index contributed by atoms with van der Waals surface area (Å²) in [5, 5.41) is 0. The highest BCUT2D eigenvalue weighted by molar-refractivity contribution is 5.90. The highest BCUT2D eigenvalue weighted by Gasteiger charge is 2.16. The number of aromatic nitrogens is 1. The number of esters is 1. The molecule has 0 spiro atoms. The predicted octanol–water partition coefficient (Wildman–Crippen LogP) is 1.50. The molecule has 1 aromatic heterocycles. The van der Waals surface area contributed by atoms with Gasteiger partial charge in [0.15, 0.2) is 6.61 Å². The second kappa shape index (κ2) is 7.40. The van der Waals surface area contributed by atoms with Crippen LogP contribution in [0.25, 0.3) is 0 Å². The largest absolute Gasteiger partial charge is 0.452 e. The molecule has 23 heavy (non-hydrogen) atoms. The number of hydrogen-bond acceptors (Lipinski definition) is 4. The molecule has 0 saturated heterocycles. The number of nitrogens with zero attached hydrogens (tertiary/aromatic N) is 1. The van der Waals surface area contributed by atoms with Crippen LogP contribution in [0.5, 0.6) is 0 Å². The van der Waals surface area contributed by atoms with Gasteiger partial charge in [-0.1, -0.05) is 24.3 Å². The van der Waals surface area contributed by atoms with Crippen molar-refractivity contribution in [3.8, 4) is 0 Å². The quantitative estimate of drug-likeness (QED) is 0.848. The number of nitrogens with one attached hydrogen (secondary N) is 1. The number of aromatic amines is 1. The molecule has 6 heteroatoms. The number of pyridine rings is 1. The van der Waals surface area contributed by atoms with Gasteiger partial charge in [-0.2, -0.15) is 0 Å². The van der Waals surface area contributed by atoms with Crippen LogP contribution in [0.4, 0.5) is 0 Å². The summed E-state index contributed by atoms with van der Waals surface area (Å²) in [7, 11) is 1.64. The summed E-state index contributed by atoms with van der Waals surface area (Å²) >= 11 is 0. The molecule has 0 bridgehead atoms. The number of rotatable bonds is 5. The zero-order valence-electron chi connectivity index (χ0n) is 13.0. The Balaban J connectivity index is 1.92. The average molecular weight is 314 g/mol. The number of ether oxygens (including phenoxy) is 1. The fourth-order valence-electron chi connectivity index (χ4n) is 2.03. The van der Waals surface area contributed by atoms with Crippen LogP contribution in [-0.4, -0.2) is 35.4 Å². The van der Waals surface area contributed by atoms with Gasteiger partial charge in [0.25, 0.3) is 11.5 Å². The van der Waals surface area contributed by atoms with Crippen LogP contribution in [-0.2, 0) is 16.1 Å². The first-order valence-electron chi connectivity index (χ1n) is 7.12. The first-order valence-corrected chi connectivity index (χ1v) is 7.12. The maximum atomic E-state index is 12.0. The van der Waals surface area contributed by atoms with Crippen LogP contribution in [0.15, 0.2) is 47.4 Å². The van der Waals surface area contributed by atoms with Crippen molar-refractivity contribution in [1.82, 2.24) is 9.88 Å². The standard InChI is InChI=1S/C17H18N2O4/c1-12-6-3-4-7-13(12)10-19(2)15(20)11-23-17(22)14-8-5-9-18-16(14)21/h3-9H,10-11H2,1-2H3,(H,18,21). The second-order valence-electron chi connectivity index (χ2n) is 5.17. The van der Waals surface area contributed by atoms with E-state index in [0.717, 1.165) is 11.1 Å². The molecule has 1 amide bonds. The van der Waals surface area contributed by atoms with Crippen LogP contribution >= 0.6 is 0 Å². The molecule has 120 valence electrons. The molecule has 2 aromatic rings. The van der Waals surface area contributed by atoms with Crippen molar-refractivity contribution in [2.45, 2.75) is 13.5 Å². The number of H-pyrrole nitrogens is 1. The van der Waals surface area contributed by atoms with Gasteiger partial charge in [0.2, 0.25) is 0 Å². The number of aryl methyl sites for hydroxylation is 1. The van der Waals surface area contributed by atoms with Gasteiger partial charge in [-0.3, -0.25) is 9.59 Å². The fourth-order valence-corrected chi connectivity index (χ4v) is 2.03. The van der Waals surface area contributed by atoms with Crippen molar-refractivity contribution in [3.63, 3.8) is 0 Å². The zero-order chi connectivity index (χ0) is 16.8. The number of amides is 1. The smallest absolute Gasteiger partial charge is 0.344 e. The molecule has 0 aliphatic carbocycles. The molecule has 0 fully saturated rings. The first kappa shape index (κ1) is 16.5. The number of hydrogen-bond donors (Lipinski definition) is 1. The van der Waals surface area contributed by atoms with Crippen molar-refractivity contribution >= 4 is 11.9 Å². The summed E-state index contributed by atoms with van der Waals surface area (Å²) in [5.74, 6) is -1.15. The van der Waals surface area contributed by atoms with Gasteiger partial charge in [0, 0.05) is 19.8 Å². The van der Waals surface area contributed by atoms with E-state index in [-0.39, 0.29) is 11.5 Å². The molecule has 1 heterocycles. The Kier molecular flexibility index (Phi) is 5.30. The van der Waals surface area contributed by atoms with Gasteiger partial charge in [0.05, 0.1) is 0 Å². The maximum Gasteiger partial charge on any atom is 0.344 e. The van der Waals surface area contributed by atoms with Gasteiger partial charge in [-0.25, -0.2) is 4.79 Å². The number of carbonyl (C=O) groups is 2. The van der Waals surface area contributed by atoms with Crippen molar-refractivity contribution in [3.05, 3.63) is 69.6 Å². The average Bonchev–Trinajstić information content (AvgIpc) is 2.54. The van der Waals surface area contributed by atoms with E-state index in [1.165, 1.54) is 23.2 Å². The molecular weight excluding hydrogens is 296 g/mol. The van der Waals surface area contributed by atoms with E-state index in [1.54, 1.807) is 7.05 Å². The van der Waals surface area contributed by atoms with Crippen LogP contribution in [0.3, 0.4) is 0 Å². The maximum absolute atomic E-state index is 12.0. The highest BCUT2D eigenvalue weighted by atomic mass is 16.5. The minimum absolute atomic E-state index is 0.123. The van der Waals surface area contributed by atoms with E-state index in [4.69, 9.17) is 4.74 Å². The van der Waals surface area contributed by atoms with Gasteiger partial charge < -0.3 is 14.6 Å². The predicted molar refractivity (Wildman–Crippen MR) is 85.0 cm³/mol. The van der Waals surface area contributed by atoms with E-state index in [0.29, 0.717) is 6.54 Å². The van der Waals surface area contributed by atoms with Crippen molar-refractivity contribution in [1.29, 1.82) is 0 Å². The van der Waals surface area contributed by atoms with Crippen LogP contribution in [0, 0.1) is 6.92 Å². The topological polar surface area (TPSA) is 79.5 Å². The molecule has 0 unspecified atom stereocenters. The van der Waals surface area contributed by atoms with E-state index in [1.807, 2.05) is 31.2 Å². The third-order valence-corrected chi connectivity index (χ3v) is 3.46. The first-order chi connectivity index (χ1) is 11.0. The summed E-state index contributed by atoms with van der Waals surface area (Å²) in [5.41, 5.74) is 1.44. The Bertz CT molecular complexity index is 767. The van der Waals surface area contributed by atoms with Gasteiger partial charge in [-0.05, 0) is 30.2 Å². The number of likely N-dealkylation sites (N-methyl/N-ethyl adjacent to an activating group) is 1. The number of benzene rings is 1. The monoisotopic (exact) mass is 314 g/mol. The summed E-state index contributed by atoms with van der Waals surface area (Å²) in [6, 6.07) is 10.6. The van der Waals surface area contributed by atoms with Gasteiger partial charge in [0.1, 0.15) is 5.56 Å². The summed E-state index contributed by atoms with van der Waals surface area (Å²) in [6.45, 7) is 1.99. The van der Waals surface area contributed by atoms with Crippen molar-refractivity contribution in [2.24, 2.45) is 0 Å². The van der Waals surface area contributed by atoms with E-state index in [9.17, 15) is 14.4 Å². The highest BCUT2D eigenvalue weighted by Crippen LogP contribution is 2.09. The van der Waals surface area contributed by atoms with E-state index >= 15 is 0 Å². The molecular formula is C17H18N2O4. The number of carbonyl (C=O) groups excluding carboxylic acids is 2. The van der Waals surface area contributed by atoms with E-state index < -0.39 is 18.1 Å². The van der Waals surface area contributed by atoms with Crippen molar-refractivity contribution in [2.75, 3.05) is 13.7 Å². The lowest BCUT2D eigenvalue weighted by atomic mass is 10.1. The molecule has 0 aliphatic rings. The van der Waals surface area contributed by atoms with Crippen molar-refractivity contribution < 1.29 is 14.3 Å². The lowest BCUT2D eigenvalue weighted by Crippen LogP contribution is -2.31. The fraction of sp³-hybridized carbons (Fsp3) is 0.235. The Hall–Kier alpha value is -2.89. The summed E-state index contributed by atoms with van der Waals surface area (Å²) < 4.78 is 4.91. The Morgan fingerprint density at radius 3 is 2.61 bits per heavy atom. The summed E-state index contributed by atoms with van der Waals surface area (Å²) in [6.07, 6.45) is 1.42. The molecule has 0 radical (unpaired) electrons. The second-order valence-corrected chi connectivity index (χ2v) is 5.17. The van der Waals surface area contributed by atoms with Crippen LogP contribution in [0.2, 0.25) is 0 Å². The van der Waals surface area contributed by atoms with Gasteiger partial charge >= 0.3 is 5.97 Å². The Morgan fingerprint density at radius 1 is 1.17 bits per heavy atom. The van der Waals surface area contributed by atoms with Gasteiger partial charge in [-0.15, -0.1) is 0 Å². The molecule has 6 nitrogen and oxygen atoms in total. The molecule has 0 aliphatic heterocycles. The SMILES string of the molecule is Cc1ccccc1CN(C)C(=O)COC(=O)c1ccc[nH]c1=O. The van der Waals surface area contributed by atoms with E-state index in [2.05, 4.69) is 4.98 Å². The minimum atomic E-state index is -0.815. The lowest BCUT2D eigenvalue weighted by Gasteiger charge is -2.18. The lowest BCUT2D eigenvalue weighted by molar-refractivity contribution is -0.133. The molecule has 0 saturated carbocycles. The van der Waals surface area contributed by atoms with Crippen LogP contribution in [0.1, 0.15) is 21.5 Å². The van der Waals surface area contributed by atoms with Crippen LogP contribution < -0.4 is 5.56 Å². The minimum Gasteiger partial charge on any atom is -0.452 e. The molecule has 1 N–H and O–H groups in total. The molecule has 2 rings (SSSR count). The third kappa shape index (κ3) is 4.29.